The minimum absolute atomic E-state index is 0.0292. The lowest BCUT2D eigenvalue weighted by Crippen LogP contribution is -2.53. The molecule has 0 bridgehead atoms. The number of piperazine rings is 1. The fraction of sp³-hybridized carbons (Fsp3) is 0.579. The molecule has 5 heteroatoms. The molecule has 0 spiro atoms. The molecule has 132 valence electrons. The molecule has 1 aromatic rings. The van der Waals surface area contributed by atoms with Crippen molar-refractivity contribution in [1.29, 1.82) is 0 Å². The monoisotopic (exact) mass is 331 g/mol. The summed E-state index contributed by atoms with van der Waals surface area (Å²) in [6.45, 7) is 11.5. The standard InChI is InChI=1S/C19H29N3O2/c1-5-10-20-18(24)22-13-11-21(12-14-22)17(23)15-6-8-16(9-7-15)19(2,3)4/h6-9H,5,10-14H2,1-4H3,(H,20,24). The van der Waals surface area contributed by atoms with E-state index in [0.717, 1.165) is 6.42 Å². The molecule has 1 saturated heterocycles. The smallest absolute Gasteiger partial charge is 0.317 e. The van der Waals surface area contributed by atoms with E-state index in [1.54, 1.807) is 4.90 Å². The van der Waals surface area contributed by atoms with Crippen LogP contribution in [-0.4, -0.2) is 54.5 Å². The van der Waals surface area contributed by atoms with Gasteiger partial charge in [-0.3, -0.25) is 4.79 Å². The number of urea groups is 1. The summed E-state index contributed by atoms with van der Waals surface area (Å²) < 4.78 is 0. The van der Waals surface area contributed by atoms with Crippen LogP contribution < -0.4 is 5.32 Å². The molecule has 0 radical (unpaired) electrons. The van der Waals surface area contributed by atoms with Gasteiger partial charge in [-0.25, -0.2) is 4.79 Å². The van der Waals surface area contributed by atoms with E-state index in [2.05, 4.69) is 26.1 Å². The predicted octanol–water partition coefficient (Wildman–Crippen LogP) is 2.86. The fourth-order valence-corrected chi connectivity index (χ4v) is 2.75. The summed E-state index contributed by atoms with van der Waals surface area (Å²) in [6, 6.07) is 7.84. The first-order chi connectivity index (χ1) is 11.3. The van der Waals surface area contributed by atoms with E-state index in [1.807, 2.05) is 36.1 Å². The van der Waals surface area contributed by atoms with Crippen LogP contribution in [0.2, 0.25) is 0 Å². The van der Waals surface area contributed by atoms with E-state index < -0.39 is 0 Å². The SMILES string of the molecule is CCCNC(=O)N1CCN(C(=O)c2ccc(C(C)(C)C)cc2)CC1. The van der Waals surface area contributed by atoms with Crippen LogP contribution in [0.25, 0.3) is 0 Å². The molecule has 1 aliphatic heterocycles. The first kappa shape index (κ1) is 18.3. The van der Waals surface area contributed by atoms with Gasteiger partial charge in [-0.2, -0.15) is 0 Å². The molecule has 24 heavy (non-hydrogen) atoms. The molecule has 1 fully saturated rings. The molecule has 1 N–H and O–H groups in total. The molecule has 3 amide bonds. The molecule has 1 aliphatic rings. The van der Waals surface area contributed by atoms with Gasteiger partial charge in [0.05, 0.1) is 0 Å². The normalized spacial score (nSPS) is 15.3. The Hall–Kier alpha value is -2.04. The second-order valence-corrected chi connectivity index (χ2v) is 7.34. The molecule has 1 aromatic carbocycles. The van der Waals surface area contributed by atoms with Crippen molar-refractivity contribution in [2.75, 3.05) is 32.7 Å². The molecule has 5 nitrogen and oxygen atoms in total. The van der Waals surface area contributed by atoms with Crippen LogP contribution >= 0.6 is 0 Å². The van der Waals surface area contributed by atoms with Crippen LogP contribution in [0.3, 0.4) is 0 Å². The number of benzene rings is 1. The Morgan fingerprint density at radius 1 is 1.00 bits per heavy atom. The van der Waals surface area contributed by atoms with Gasteiger partial charge >= 0.3 is 6.03 Å². The lowest BCUT2D eigenvalue weighted by Gasteiger charge is -2.34. The zero-order chi connectivity index (χ0) is 17.7. The number of amides is 3. The quantitative estimate of drug-likeness (QED) is 0.926. The van der Waals surface area contributed by atoms with Gasteiger partial charge in [0.1, 0.15) is 0 Å². The highest BCUT2D eigenvalue weighted by atomic mass is 16.2. The molecule has 0 aromatic heterocycles. The summed E-state index contributed by atoms with van der Waals surface area (Å²) in [4.78, 5) is 28.2. The molecular formula is C19H29N3O2. The minimum atomic E-state index is -0.0292. The van der Waals surface area contributed by atoms with Crippen LogP contribution in [0.4, 0.5) is 4.79 Å². The van der Waals surface area contributed by atoms with E-state index in [4.69, 9.17) is 0 Å². The number of hydrogen-bond acceptors (Lipinski definition) is 2. The zero-order valence-corrected chi connectivity index (χ0v) is 15.3. The Kier molecular flexibility index (Phi) is 5.86. The molecule has 0 aliphatic carbocycles. The molecular weight excluding hydrogens is 302 g/mol. The minimum Gasteiger partial charge on any atom is -0.338 e. The van der Waals surface area contributed by atoms with Crippen molar-refractivity contribution in [3.8, 4) is 0 Å². The third-order valence-electron chi connectivity index (χ3n) is 4.38. The van der Waals surface area contributed by atoms with Gasteiger partial charge in [0, 0.05) is 38.3 Å². The fourth-order valence-electron chi connectivity index (χ4n) is 2.75. The third kappa shape index (κ3) is 4.49. The predicted molar refractivity (Wildman–Crippen MR) is 96.3 cm³/mol. The Balaban J connectivity index is 1.92. The number of nitrogens with zero attached hydrogens (tertiary/aromatic N) is 2. The third-order valence-corrected chi connectivity index (χ3v) is 4.38. The Labute approximate surface area is 145 Å². The topological polar surface area (TPSA) is 52.7 Å². The average molecular weight is 331 g/mol. The van der Waals surface area contributed by atoms with Crippen LogP contribution in [0.5, 0.6) is 0 Å². The first-order valence-electron chi connectivity index (χ1n) is 8.75. The Morgan fingerprint density at radius 3 is 2.04 bits per heavy atom. The number of carbonyl (C=O) groups excluding carboxylic acids is 2. The van der Waals surface area contributed by atoms with Gasteiger partial charge in [0.25, 0.3) is 5.91 Å². The lowest BCUT2D eigenvalue weighted by atomic mass is 9.86. The van der Waals surface area contributed by atoms with E-state index in [0.29, 0.717) is 38.3 Å². The average Bonchev–Trinajstić information content (AvgIpc) is 2.58. The van der Waals surface area contributed by atoms with Crippen LogP contribution in [0, 0.1) is 0 Å². The van der Waals surface area contributed by atoms with Gasteiger partial charge in [-0.05, 0) is 29.5 Å². The summed E-state index contributed by atoms with van der Waals surface area (Å²) in [5, 5.41) is 2.88. The molecule has 0 atom stereocenters. The number of carbonyl (C=O) groups is 2. The Bertz CT molecular complexity index is 567. The second kappa shape index (κ2) is 7.69. The summed E-state index contributed by atoms with van der Waals surface area (Å²) in [5.74, 6) is 0.0454. The number of rotatable bonds is 3. The lowest BCUT2D eigenvalue weighted by molar-refractivity contribution is 0.0665. The summed E-state index contributed by atoms with van der Waals surface area (Å²) in [6.07, 6.45) is 0.925. The van der Waals surface area contributed by atoms with Crippen molar-refractivity contribution < 1.29 is 9.59 Å². The molecule has 0 unspecified atom stereocenters. The van der Waals surface area contributed by atoms with Gasteiger partial charge in [-0.1, -0.05) is 39.8 Å². The van der Waals surface area contributed by atoms with Crippen molar-refractivity contribution in [2.45, 2.75) is 39.5 Å². The summed E-state index contributed by atoms with van der Waals surface area (Å²) in [5.41, 5.74) is 2.02. The van der Waals surface area contributed by atoms with E-state index in [-0.39, 0.29) is 17.4 Å². The van der Waals surface area contributed by atoms with Crippen molar-refractivity contribution in [3.63, 3.8) is 0 Å². The molecule has 2 rings (SSSR count). The van der Waals surface area contributed by atoms with Crippen molar-refractivity contribution in [3.05, 3.63) is 35.4 Å². The maximum absolute atomic E-state index is 12.6. The largest absolute Gasteiger partial charge is 0.338 e. The van der Waals surface area contributed by atoms with E-state index in [9.17, 15) is 9.59 Å². The van der Waals surface area contributed by atoms with E-state index in [1.165, 1.54) is 5.56 Å². The number of nitrogens with one attached hydrogen (secondary N) is 1. The van der Waals surface area contributed by atoms with Crippen molar-refractivity contribution >= 4 is 11.9 Å². The van der Waals surface area contributed by atoms with E-state index >= 15 is 0 Å². The maximum atomic E-state index is 12.6. The van der Waals surface area contributed by atoms with Gasteiger partial charge in [-0.15, -0.1) is 0 Å². The van der Waals surface area contributed by atoms with Crippen LogP contribution in [0.15, 0.2) is 24.3 Å². The maximum Gasteiger partial charge on any atom is 0.317 e. The number of hydrogen-bond donors (Lipinski definition) is 1. The van der Waals surface area contributed by atoms with Crippen LogP contribution in [-0.2, 0) is 5.41 Å². The second-order valence-electron chi connectivity index (χ2n) is 7.34. The van der Waals surface area contributed by atoms with Crippen LogP contribution in [0.1, 0.15) is 50.0 Å². The van der Waals surface area contributed by atoms with Gasteiger partial charge < -0.3 is 15.1 Å². The first-order valence-corrected chi connectivity index (χ1v) is 8.75. The molecule has 1 heterocycles. The summed E-state index contributed by atoms with van der Waals surface area (Å²) >= 11 is 0. The van der Waals surface area contributed by atoms with Crippen molar-refractivity contribution in [2.24, 2.45) is 0 Å². The van der Waals surface area contributed by atoms with Gasteiger partial charge in [0.15, 0.2) is 0 Å². The highest BCUT2D eigenvalue weighted by molar-refractivity contribution is 5.94. The summed E-state index contributed by atoms with van der Waals surface area (Å²) in [7, 11) is 0. The highest BCUT2D eigenvalue weighted by Gasteiger charge is 2.25. The Morgan fingerprint density at radius 2 is 1.54 bits per heavy atom. The van der Waals surface area contributed by atoms with Gasteiger partial charge in [0.2, 0.25) is 0 Å². The highest BCUT2D eigenvalue weighted by Crippen LogP contribution is 2.22. The van der Waals surface area contributed by atoms with Crippen molar-refractivity contribution in [1.82, 2.24) is 15.1 Å². The molecule has 0 saturated carbocycles. The zero-order valence-electron chi connectivity index (χ0n) is 15.3.